The predicted octanol–water partition coefficient (Wildman–Crippen LogP) is 3.82. The number of aromatic nitrogens is 3. The molecule has 3 aromatic heterocycles. The lowest BCUT2D eigenvalue weighted by atomic mass is 9.95. The molecule has 0 aliphatic rings. The predicted molar refractivity (Wildman–Crippen MR) is 121 cm³/mol. The number of fused-ring (bicyclic) bond motifs is 1. The molecule has 1 N–H and O–H groups in total. The molecule has 3 rings (SSSR count). The number of pyridine rings is 1. The fourth-order valence-corrected chi connectivity index (χ4v) is 4.49. The number of nitrogens with zero attached hydrogens (tertiary/aromatic N) is 3. The lowest BCUT2D eigenvalue weighted by Gasteiger charge is -2.16. The number of carbonyl (C=O) groups excluding carboxylic acids is 1. The molecule has 0 saturated heterocycles. The second-order valence-electron chi connectivity index (χ2n) is 7.31. The fourth-order valence-electron chi connectivity index (χ4n) is 3.61. The largest absolute Gasteiger partial charge is 0.274 e. The molecule has 0 aliphatic carbocycles. The number of hydrogen-bond acceptors (Lipinski definition) is 5. The number of unbranched alkanes of at least 4 members (excludes halogenated alkanes) is 1. The molecule has 0 saturated carbocycles. The van der Waals surface area contributed by atoms with Crippen molar-refractivity contribution in [3.05, 3.63) is 52.0 Å². The van der Waals surface area contributed by atoms with Gasteiger partial charge in [-0.2, -0.15) is 5.10 Å². The molecule has 7 nitrogen and oxygen atoms in total. The van der Waals surface area contributed by atoms with E-state index in [9.17, 15) is 13.2 Å². The molecule has 0 aromatic carbocycles. The molecule has 0 bridgehead atoms. The van der Waals surface area contributed by atoms with Crippen molar-refractivity contribution < 1.29 is 13.2 Å². The van der Waals surface area contributed by atoms with Crippen molar-refractivity contribution in [1.29, 1.82) is 0 Å². The first-order chi connectivity index (χ1) is 14.2. The molecule has 0 unspecified atom stereocenters. The van der Waals surface area contributed by atoms with Gasteiger partial charge in [0, 0.05) is 40.1 Å². The van der Waals surface area contributed by atoms with Gasteiger partial charge in [0.2, 0.25) is 15.9 Å². The molecular weight excluding hydrogens is 468 g/mol. The van der Waals surface area contributed by atoms with Crippen LogP contribution in [0.3, 0.4) is 0 Å². The van der Waals surface area contributed by atoms with Crippen LogP contribution in [0, 0.1) is 6.92 Å². The van der Waals surface area contributed by atoms with E-state index in [1.165, 1.54) is 0 Å². The first kappa shape index (κ1) is 22.4. The van der Waals surface area contributed by atoms with Crippen molar-refractivity contribution in [2.24, 2.45) is 0 Å². The van der Waals surface area contributed by atoms with Crippen molar-refractivity contribution in [3.63, 3.8) is 0 Å². The molecule has 0 radical (unpaired) electrons. The minimum absolute atomic E-state index is 0.167. The molecule has 3 heterocycles. The minimum Gasteiger partial charge on any atom is -0.274 e. The summed E-state index contributed by atoms with van der Waals surface area (Å²) in [5.74, 6) is -0.474. The highest BCUT2D eigenvalue weighted by Crippen LogP contribution is 2.33. The summed E-state index contributed by atoms with van der Waals surface area (Å²) >= 11 is 3.51. The topological polar surface area (TPSA) is 93.4 Å². The molecule has 9 heteroatoms. The van der Waals surface area contributed by atoms with Crippen LogP contribution in [-0.4, -0.2) is 35.2 Å². The summed E-state index contributed by atoms with van der Waals surface area (Å²) in [5.41, 5.74) is 6.32. The fraction of sp³-hybridized carbons (Fsp3) is 0.381. The number of hydrogen-bond donors (Lipinski definition) is 1. The first-order valence-electron chi connectivity index (χ1n) is 9.81. The smallest absolute Gasteiger partial charge is 0.233 e. The summed E-state index contributed by atoms with van der Waals surface area (Å²) < 4.78 is 27.2. The molecule has 1 amide bonds. The molecule has 3 aromatic rings. The third-order valence-corrected chi connectivity index (χ3v) is 5.95. The zero-order chi connectivity index (χ0) is 21.9. The van der Waals surface area contributed by atoms with Crippen LogP contribution >= 0.6 is 15.9 Å². The Labute approximate surface area is 185 Å². The van der Waals surface area contributed by atoms with Gasteiger partial charge in [-0.1, -0.05) is 6.92 Å². The Morgan fingerprint density at radius 1 is 1.23 bits per heavy atom. The van der Waals surface area contributed by atoms with Gasteiger partial charge in [-0.3, -0.25) is 14.5 Å². The number of nitrogens with one attached hydrogen (secondary N) is 1. The van der Waals surface area contributed by atoms with Gasteiger partial charge in [0.15, 0.2) is 0 Å². The zero-order valence-corrected chi connectivity index (χ0v) is 19.7. The van der Waals surface area contributed by atoms with E-state index in [1.807, 2.05) is 28.4 Å². The number of amides is 1. The number of carbonyl (C=O) groups is 1. The van der Waals surface area contributed by atoms with Gasteiger partial charge < -0.3 is 0 Å². The second-order valence-corrected chi connectivity index (χ2v) is 9.97. The summed E-state index contributed by atoms with van der Waals surface area (Å²) in [4.78, 5) is 16.1. The number of rotatable bonds is 8. The van der Waals surface area contributed by atoms with Crippen LogP contribution in [-0.2, 0) is 27.7 Å². The summed E-state index contributed by atoms with van der Waals surface area (Å²) in [6.07, 6.45) is 7.69. The van der Waals surface area contributed by atoms with Crippen LogP contribution in [0.4, 0.5) is 0 Å². The van der Waals surface area contributed by atoms with E-state index < -0.39 is 15.9 Å². The summed E-state index contributed by atoms with van der Waals surface area (Å²) in [6, 6.07) is 6.23. The maximum Gasteiger partial charge on any atom is 0.233 e. The Morgan fingerprint density at radius 3 is 2.67 bits per heavy atom. The number of halogens is 1. The van der Waals surface area contributed by atoms with E-state index in [1.54, 1.807) is 6.20 Å². The van der Waals surface area contributed by atoms with Gasteiger partial charge in [-0.05, 0) is 72.3 Å². The standard InChI is InChI=1S/C21H25BrN4O3S/c1-4-17-9-10-19-21(15-11-16(22)13-23-12-15)18(14(2)24-26(17)19)7-5-6-8-20(27)25-30(3,28)29/h9-13H,4-8H2,1-3H3,(H,25,27). The zero-order valence-electron chi connectivity index (χ0n) is 17.3. The quantitative estimate of drug-likeness (QED) is 0.482. The van der Waals surface area contributed by atoms with E-state index in [0.29, 0.717) is 6.42 Å². The lowest BCUT2D eigenvalue weighted by Crippen LogP contribution is -2.28. The van der Waals surface area contributed by atoms with Crippen molar-refractivity contribution in [1.82, 2.24) is 19.3 Å². The van der Waals surface area contributed by atoms with E-state index in [4.69, 9.17) is 5.10 Å². The first-order valence-corrected chi connectivity index (χ1v) is 12.5. The monoisotopic (exact) mass is 492 g/mol. The van der Waals surface area contributed by atoms with Crippen molar-refractivity contribution in [3.8, 4) is 11.1 Å². The van der Waals surface area contributed by atoms with Crippen molar-refractivity contribution in [2.75, 3.05) is 6.26 Å². The third kappa shape index (κ3) is 5.26. The Hall–Kier alpha value is -2.26. The Morgan fingerprint density at radius 2 is 2.00 bits per heavy atom. The van der Waals surface area contributed by atoms with E-state index in [-0.39, 0.29) is 6.42 Å². The SMILES string of the molecule is CCc1ccc2c(-c3cncc(Br)c3)c(CCCCC(=O)NS(C)(=O)=O)c(C)nn12. The summed E-state index contributed by atoms with van der Waals surface area (Å²) in [6.45, 7) is 4.11. The van der Waals surface area contributed by atoms with Gasteiger partial charge in [-0.15, -0.1) is 0 Å². The van der Waals surface area contributed by atoms with Crippen LogP contribution in [0.2, 0.25) is 0 Å². The third-order valence-electron chi connectivity index (χ3n) is 4.91. The summed E-state index contributed by atoms with van der Waals surface area (Å²) in [5, 5.41) is 4.80. The average molecular weight is 493 g/mol. The molecule has 30 heavy (non-hydrogen) atoms. The number of sulfonamides is 1. The highest BCUT2D eigenvalue weighted by molar-refractivity contribution is 9.10. The summed E-state index contributed by atoms with van der Waals surface area (Å²) in [7, 11) is -3.51. The Kier molecular flexibility index (Phi) is 6.92. The Balaban J connectivity index is 1.91. The van der Waals surface area contributed by atoms with Gasteiger partial charge in [0.25, 0.3) is 0 Å². The molecule has 0 atom stereocenters. The van der Waals surface area contributed by atoms with Crippen molar-refractivity contribution >= 4 is 37.4 Å². The second kappa shape index (κ2) is 9.26. The van der Waals surface area contributed by atoms with Gasteiger partial charge >= 0.3 is 0 Å². The molecule has 160 valence electrons. The highest BCUT2D eigenvalue weighted by Gasteiger charge is 2.17. The van der Waals surface area contributed by atoms with E-state index in [2.05, 4.69) is 40.0 Å². The molecule has 0 aliphatic heterocycles. The van der Waals surface area contributed by atoms with Crippen molar-refractivity contribution in [2.45, 2.75) is 46.0 Å². The maximum absolute atomic E-state index is 11.8. The molecular formula is C21H25BrN4O3S. The lowest BCUT2D eigenvalue weighted by molar-refractivity contribution is -0.119. The van der Waals surface area contributed by atoms with Crippen LogP contribution in [0.5, 0.6) is 0 Å². The van der Waals surface area contributed by atoms with E-state index >= 15 is 0 Å². The van der Waals surface area contributed by atoms with Crippen LogP contribution < -0.4 is 4.72 Å². The van der Waals surface area contributed by atoms with Crippen LogP contribution in [0.25, 0.3) is 16.6 Å². The van der Waals surface area contributed by atoms with E-state index in [0.717, 1.165) is 63.6 Å². The number of aryl methyl sites for hydroxylation is 2. The highest BCUT2D eigenvalue weighted by atomic mass is 79.9. The van der Waals surface area contributed by atoms with Gasteiger partial charge in [-0.25, -0.2) is 12.9 Å². The average Bonchev–Trinajstić information content (AvgIpc) is 3.06. The van der Waals surface area contributed by atoms with Gasteiger partial charge in [0.1, 0.15) is 0 Å². The van der Waals surface area contributed by atoms with Gasteiger partial charge in [0.05, 0.1) is 17.5 Å². The van der Waals surface area contributed by atoms with Crippen LogP contribution in [0.15, 0.2) is 35.1 Å². The molecule has 0 spiro atoms. The Bertz CT molecular complexity index is 1190. The minimum atomic E-state index is -3.51. The molecule has 0 fully saturated rings. The van der Waals surface area contributed by atoms with Crippen LogP contribution in [0.1, 0.15) is 43.1 Å². The maximum atomic E-state index is 11.8. The normalized spacial score (nSPS) is 11.7.